The number of benzene rings is 1. The molecule has 0 radical (unpaired) electrons. The van der Waals surface area contributed by atoms with Crippen molar-refractivity contribution in [3.63, 3.8) is 0 Å². The molecule has 1 aromatic carbocycles. The third kappa shape index (κ3) is 2.98. The monoisotopic (exact) mass is 329 g/mol. The Morgan fingerprint density at radius 2 is 2.10 bits per heavy atom. The van der Waals surface area contributed by atoms with Crippen LogP contribution in [-0.4, -0.2) is 35.9 Å². The van der Waals surface area contributed by atoms with Gasteiger partial charge in [-0.05, 0) is 26.0 Å². The lowest BCUT2D eigenvalue weighted by Crippen LogP contribution is -2.38. The summed E-state index contributed by atoms with van der Waals surface area (Å²) in [4.78, 5) is 14.8. The molecule has 0 aliphatic rings. The summed E-state index contributed by atoms with van der Waals surface area (Å²) >= 11 is 1.32. The van der Waals surface area contributed by atoms with Crippen LogP contribution in [0.2, 0.25) is 0 Å². The number of anilines is 1. The second-order valence-corrected chi connectivity index (χ2v) is 8.84. The first kappa shape index (κ1) is 15.6. The number of nitrogens with one attached hydrogen (secondary N) is 1. The zero-order valence-corrected chi connectivity index (χ0v) is 13.4. The van der Waals surface area contributed by atoms with Crippen LogP contribution in [-0.2, 0) is 9.84 Å². The first-order chi connectivity index (χ1) is 9.63. The summed E-state index contributed by atoms with van der Waals surface area (Å²) in [5.74, 6) is 0. The maximum absolute atomic E-state index is 11.7. The first-order valence-electron chi connectivity index (χ1n) is 6.07. The fourth-order valence-corrected chi connectivity index (χ4v) is 2.70. The Kier molecular flexibility index (Phi) is 3.89. The number of nitro groups is 1. The third-order valence-corrected chi connectivity index (χ3v) is 6.31. The van der Waals surface area contributed by atoms with Crippen molar-refractivity contribution in [2.24, 2.45) is 0 Å². The average Bonchev–Trinajstić information content (AvgIpc) is 2.81. The van der Waals surface area contributed by atoms with E-state index < -0.39 is 19.5 Å². The van der Waals surface area contributed by atoms with Gasteiger partial charge in [-0.1, -0.05) is 0 Å². The van der Waals surface area contributed by atoms with Crippen molar-refractivity contribution < 1.29 is 13.3 Å². The highest BCUT2D eigenvalue weighted by Crippen LogP contribution is 2.34. The minimum atomic E-state index is -3.28. The number of fused-ring (bicyclic) bond motifs is 1. The van der Waals surface area contributed by atoms with E-state index >= 15 is 0 Å². The predicted molar refractivity (Wildman–Crippen MR) is 83.7 cm³/mol. The number of aromatic nitrogens is 1. The van der Waals surface area contributed by atoms with Crippen molar-refractivity contribution in [2.45, 2.75) is 18.6 Å². The van der Waals surface area contributed by atoms with Gasteiger partial charge in [0.05, 0.1) is 19.9 Å². The third-order valence-electron chi connectivity index (χ3n) is 3.37. The van der Waals surface area contributed by atoms with Crippen LogP contribution in [0.4, 0.5) is 11.4 Å². The highest BCUT2D eigenvalue weighted by atomic mass is 32.2. The SMILES string of the molecule is CC(C)(CNc1ccc2scnc2c1[N+](=O)[O-])S(C)(=O)=O. The minimum Gasteiger partial charge on any atom is -0.378 e. The molecule has 0 amide bonds. The molecule has 0 unspecified atom stereocenters. The lowest BCUT2D eigenvalue weighted by Gasteiger charge is -2.23. The van der Waals surface area contributed by atoms with Gasteiger partial charge < -0.3 is 5.32 Å². The Bertz CT molecular complexity index is 796. The molecule has 2 rings (SSSR count). The number of hydrogen-bond acceptors (Lipinski definition) is 7. The smallest absolute Gasteiger partial charge is 0.319 e. The van der Waals surface area contributed by atoms with Crippen LogP contribution >= 0.6 is 11.3 Å². The topological polar surface area (TPSA) is 102 Å². The zero-order valence-electron chi connectivity index (χ0n) is 11.8. The van der Waals surface area contributed by atoms with Crippen molar-refractivity contribution in [3.05, 3.63) is 27.8 Å². The van der Waals surface area contributed by atoms with Gasteiger partial charge in [0, 0.05) is 12.8 Å². The molecule has 1 aromatic heterocycles. The second kappa shape index (κ2) is 5.23. The van der Waals surface area contributed by atoms with E-state index in [0.29, 0.717) is 5.52 Å². The van der Waals surface area contributed by atoms with Crippen LogP contribution in [0.1, 0.15) is 13.8 Å². The van der Waals surface area contributed by atoms with Gasteiger partial charge in [0.25, 0.3) is 0 Å². The summed E-state index contributed by atoms with van der Waals surface area (Å²) in [5, 5.41) is 14.1. The van der Waals surface area contributed by atoms with Gasteiger partial charge in [0.1, 0.15) is 5.69 Å². The van der Waals surface area contributed by atoms with E-state index in [-0.39, 0.29) is 17.9 Å². The van der Waals surface area contributed by atoms with Crippen molar-refractivity contribution >= 4 is 42.8 Å². The molecule has 1 N–H and O–H groups in total. The normalized spacial score (nSPS) is 12.5. The van der Waals surface area contributed by atoms with Crippen LogP contribution in [0.25, 0.3) is 10.2 Å². The molecule has 9 heteroatoms. The van der Waals surface area contributed by atoms with E-state index in [1.807, 2.05) is 0 Å². The number of sulfone groups is 1. The lowest BCUT2D eigenvalue weighted by molar-refractivity contribution is -0.382. The van der Waals surface area contributed by atoms with Crippen LogP contribution in [0.15, 0.2) is 17.6 Å². The summed E-state index contributed by atoms with van der Waals surface area (Å²) in [7, 11) is -3.28. The van der Waals surface area contributed by atoms with E-state index in [2.05, 4.69) is 10.3 Å². The minimum absolute atomic E-state index is 0.0717. The van der Waals surface area contributed by atoms with Crippen LogP contribution < -0.4 is 5.32 Å². The molecule has 1 heterocycles. The first-order valence-corrected chi connectivity index (χ1v) is 8.84. The molecular weight excluding hydrogens is 314 g/mol. The summed E-state index contributed by atoms with van der Waals surface area (Å²) in [6.45, 7) is 3.22. The van der Waals surface area contributed by atoms with E-state index in [4.69, 9.17) is 0 Å². The van der Waals surface area contributed by atoms with Gasteiger partial charge in [-0.2, -0.15) is 0 Å². The lowest BCUT2D eigenvalue weighted by atomic mass is 10.2. The molecule has 2 aromatic rings. The molecule has 0 atom stereocenters. The van der Waals surface area contributed by atoms with Crippen LogP contribution in [0.3, 0.4) is 0 Å². The number of nitrogens with zero attached hydrogens (tertiary/aromatic N) is 2. The molecule has 0 fully saturated rings. The van der Waals surface area contributed by atoms with Gasteiger partial charge in [-0.3, -0.25) is 10.1 Å². The fourth-order valence-electron chi connectivity index (χ4n) is 1.68. The molecule has 21 heavy (non-hydrogen) atoms. The van der Waals surface area contributed by atoms with Crippen molar-refractivity contribution in [2.75, 3.05) is 18.1 Å². The Balaban J connectivity index is 2.39. The predicted octanol–water partition coefficient (Wildman–Crippen LogP) is 2.44. The van der Waals surface area contributed by atoms with E-state index in [9.17, 15) is 18.5 Å². The summed E-state index contributed by atoms with van der Waals surface area (Å²) in [6.07, 6.45) is 1.15. The fraction of sp³-hybridized carbons (Fsp3) is 0.417. The number of hydrogen-bond donors (Lipinski definition) is 1. The molecule has 0 saturated carbocycles. The molecule has 0 saturated heterocycles. The van der Waals surface area contributed by atoms with Gasteiger partial charge in [-0.25, -0.2) is 13.4 Å². The van der Waals surface area contributed by atoms with Crippen molar-refractivity contribution in [3.8, 4) is 0 Å². The number of thiazole rings is 1. The van der Waals surface area contributed by atoms with Gasteiger partial charge >= 0.3 is 5.69 Å². The Morgan fingerprint density at radius 1 is 1.43 bits per heavy atom. The number of rotatable bonds is 5. The average molecular weight is 329 g/mol. The molecule has 0 spiro atoms. The number of nitro benzene ring substituents is 1. The maximum atomic E-state index is 11.7. The Labute approximate surface area is 126 Å². The van der Waals surface area contributed by atoms with Crippen LogP contribution in [0.5, 0.6) is 0 Å². The molecule has 0 aliphatic carbocycles. The molecule has 0 aliphatic heterocycles. The quantitative estimate of drug-likeness (QED) is 0.667. The largest absolute Gasteiger partial charge is 0.378 e. The second-order valence-electron chi connectivity index (χ2n) is 5.30. The van der Waals surface area contributed by atoms with Crippen molar-refractivity contribution in [1.82, 2.24) is 4.98 Å². The summed E-state index contributed by atoms with van der Waals surface area (Å²) in [5.41, 5.74) is 2.00. The van der Waals surface area contributed by atoms with Crippen LogP contribution in [0, 0.1) is 10.1 Å². The van der Waals surface area contributed by atoms with Crippen molar-refractivity contribution in [1.29, 1.82) is 0 Å². The standard InChI is InChI=1S/C12H15N3O4S2/c1-12(2,21(3,18)19)6-13-8-4-5-9-10(14-7-20-9)11(8)15(16)17/h4-5,7,13H,6H2,1-3H3. The molecule has 0 bridgehead atoms. The zero-order chi connectivity index (χ0) is 15.8. The van der Waals surface area contributed by atoms with Gasteiger partial charge in [0.2, 0.25) is 0 Å². The Morgan fingerprint density at radius 3 is 2.67 bits per heavy atom. The summed E-state index contributed by atoms with van der Waals surface area (Å²) in [6, 6.07) is 3.31. The van der Waals surface area contributed by atoms with Gasteiger partial charge in [-0.15, -0.1) is 11.3 Å². The molecular formula is C12H15N3O4S2. The molecule has 7 nitrogen and oxygen atoms in total. The summed E-state index contributed by atoms with van der Waals surface area (Å²) < 4.78 is 23.0. The highest BCUT2D eigenvalue weighted by Gasteiger charge is 2.31. The molecule has 114 valence electrons. The highest BCUT2D eigenvalue weighted by molar-refractivity contribution is 7.92. The van der Waals surface area contributed by atoms with E-state index in [1.54, 1.807) is 31.5 Å². The van der Waals surface area contributed by atoms with E-state index in [0.717, 1.165) is 11.0 Å². The van der Waals surface area contributed by atoms with E-state index in [1.165, 1.54) is 11.3 Å². The Hall–Kier alpha value is -1.74. The maximum Gasteiger partial charge on any atom is 0.319 e. The van der Waals surface area contributed by atoms with Gasteiger partial charge in [0.15, 0.2) is 15.4 Å².